The lowest BCUT2D eigenvalue weighted by Crippen LogP contribution is -2.41. The molecule has 1 fully saturated rings. The number of halogens is 1. The van der Waals surface area contributed by atoms with Crippen LogP contribution in [0.15, 0.2) is 48.8 Å². The molecule has 0 aliphatic heterocycles. The van der Waals surface area contributed by atoms with E-state index in [2.05, 4.69) is 22.2 Å². The Morgan fingerprint density at radius 2 is 1.97 bits per heavy atom. The second kappa shape index (κ2) is 9.41. The first-order valence-electron chi connectivity index (χ1n) is 10.9. The van der Waals surface area contributed by atoms with E-state index in [0.717, 1.165) is 37.5 Å². The van der Waals surface area contributed by atoms with Crippen molar-refractivity contribution in [2.75, 3.05) is 7.11 Å². The number of methoxy groups -OCH3 is 1. The van der Waals surface area contributed by atoms with Crippen LogP contribution in [0.3, 0.4) is 0 Å². The number of benzene rings is 1. The highest BCUT2D eigenvalue weighted by molar-refractivity contribution is 5.94. The third-order valence-corrected chi connectivity index (χ3v) is 6.50. The van der Waals surface area contributed by atoms with Crippen LogP contribution in [0.1, 0.15) is 60.9 Å². The topological polar surface area (TPSA) is 64.1 Å². The summed E-state index contributed by atoms with van der Waals surface area (Å²) in [4.78, 5) is 21.0. The number of hydrogen-bond donors (Lipinski definition) is 1. The molecular weight excluding hydrogens is 393 g/mol. The van der Waals surface area contributed by atoms with Crippen LogP contribution < -0.4 is 10.1 Å². The average molecular weight is 422 g/mol. The maximum Gasteiger partial charge on any atom is 0.253 e. The largest absolute Gasteiger partial charge is 0.481 e. The van der Waals surface area contributed by atoms with Gasteiger partial charge in [-0.3, -0.25) is 9.78 Å². The third-order valence-electron chi connectivity index (χ3n) is 6.50. The van der Waals surface area contributed by atoms with Gasteiger partial charge >= 0.3 is 0 Å². The molecule has 1 atom stereocenters. The zero-order valence-electron chi connectivity index (χ0n) is 18.0. The number of carbonyl (C=O) groups excluding carboxylic acids is 1. The quantitative estimate of drug-likeness (QED) is 0.590. The minimum Gasteiger partial charge on any atom is -0.481 e. The number of aromatic nitrogens is 2. The Bertz CT molecular complexity index is 1050. The van der Waals surface area contributed by atoms with Crippen molar-refractivity contribution >= 4 is 16.8 Å². The van der Waals surface area contributed by atoms with Crippen molar-refractivity contribution < 1.29 is 13.9 Å². The second-order valence-corrected chi connectivity index (χ2v) is 8.23. The van der Waals surface area contributed by atoms with Gasteiger partial charge in [0.2, 0.25) is 5.88 Å². The van der Waals surface area contributed by atoms with Crippen LogP contribution in [0, 0.1) is 11.7 Å². The van der Waals surface area contributed by atoms with Gasteiger partial charge < -0.3 is 10.1 Å². The maximum absolute atomic E-state index is 14.1. The molecule has 5 nitrogen and oxygen atoms in total. The predicted molar refractivity (Wildman–Crippen MR) is 119 cm³/mol. The minimum atomic E-state index is -0.269. The summed E-state index contributed by atoms with van der Waals surface area (Å²) in [5.74, 6) is 0.948. The highest BCUT2D eigenvalue weighted by atomic mass is 19.1. The average Bonchev–Trinajstić information content (AvgIpc) is 2.82. The Morgan fingerprint density at radius 3 is 2.65 bits per heavy atom. The molecule has 3 aromatic rings. The molecule has 2 heterocycles. The van der Waals surface area contributed by atoms with E-state index in [4.69, 9.17) is 4.74 Å². The fraction of sp³-hybridized carbons (Fsp3) is 0.400. The van der Waals surface area contributed by atoms with Crippen LogP contribution in [0.25, 0.3) is 10.9 Å². The van der Waals surface area contributed by atoms with Crippen LogP contribution in [0.2, 0.25) is 0 Å². The molecule has 162 valence electrons. The zero-order chi connectivity index (χ0) is 21.8. The fourth-order valence-corrected chi connectivity index (χ4v) is 4.79. The number of fused-ring (bicyclic) bond motifs is 1. The first-order valence-corrected chi connectivity index (χ1v) is 10.9. The van der Waals surface area contributed by atoms with Gasteiger partial charge in [-0.1, -0.05) is 19.1 Å². The van der Waals surface area contributed by atoms with E-state index in [-0.39, 0.29) is 17.8 Å². The molecule has 4 rings (SSSR count). The predicted octanol–water partition coefficient (Wildman–Crippen LogP) is 5.26. The van der Waals surface area contributed by atoms with Gasteiger partial charge in [-0.2, -0.15) is 0 Å². The van der Waals surface area contributed by atoms with E-state index in [9.17, 15) is 9.18 Å². The lowest BCUT2D eigenvalue weighted by Gasteiger charge is -2.34. The van der Waals surface area contributed by atoms with Gasteiger partial charge in [-0.05, 0) is 67.7 Å². The summed E-state index contributed by atoms with van der Waals surface area (Å²) in [6.07, 6.45) is 8.25. The molecule has 0 radical (unpaired) electrons. The smallest absolute Gasteiger partial charge is 0.253 e. The molecule has 0 saturated heterocycles. The molecule has 0 bridgehead atoms. The van der Waals surface area contributed by atoms with Gasteiger partial charge in [-0.25, -0.2) is 9.37 Å². The highest BCUT2D eigenvalue weighted by Crippen LogP contribution is 2.40. The van der Waals surface area contributed by atoms with Gasteiger partial charge in [0.15, 0.2) is 0 Å². The fourth-order valence-electron chi connectivity index (χ4n) is 4.79. The summed E-state index contributed by atoms with van der Waals surface area (Å²) in [7, 11) is 1.55. The van der Waals surface area contributed by atoms with Gasteiger partial charge in [0.1, 0.15) is 11.3 Å². The number of carbonyl (C=O) groups is 1. The third kappa shape index (κ3) is 4.53. The van der Waals surface area contributed by atoms with E-state index in [1.807, 2.05) is 12.1 Å². The Labute approximate surface area is 182 Å². The van der Waals surface area contributed by atoms with Gasteiger partial charge in [0.25, 0.3) is 5.91 Å². The molecule has 0 spiro atoms. The Hall–Kier alpha value is -3.02. The summed E-state index contributed by atoms with van der Waals surface area (Å²) in [6.45, 7) is 2.11. The van der Waals surface area contributed by atoms with Crippen LogP contribution in [0.5, 0.6) is 5.88 Å². The van der Waals surface area contributed by atoms with Crippen LogP contribution >= 0.6 is 0 Å². The maximum atomic E-state index is 14.1. The molecule has 1 aliphatic rings. The molecule has 1 aliphatic carbocycles. The second-order valence-electron chi connectivity index (χ2n) is 8.23. The number of amides is 1. The first kappa shape index (κ1) is 21.2. The van der Waals surface area contributed by atoms with Crippen molar-refractivity contribution in [3.05, 3.63) is 65.7 Å². The van der Waals surface area contributed by atoms with Crippen molar-refractivity contribution in [2.24, 2.45) is 5.92 Å². The van der Waals surface area contributed by atoms with Gasteiger partial charge in [0.05, 0.1) is 12.7 Å². The summed E-state index contributed by atoms with van der Waals surface area (Å²) in [6, 6.07) is 10.8. The van der Waals surface area contributed by atoms with E-state index in [0.29, 0.717) is 28.8 Å². The number of nitrogens with zero attached hydrogens (tertiary/aromatic N) is 2. The molecule has 1 saturated carbocycles. The molecular formula is C25H28FN3O2. The van der Waals surface area contributed by atoms with Gasteiger partial charge in [-0.15, -0.1) is 0 Å². The van der Waals surface area contributed by atoms with Gasteiger partial charge in [0, 0.05) is 29.9 Å². The number of ether oxygens (including phenoxy) is 1. The molecule has 6 heteroatoms. The normalized spacial score (nSPS) is 19.7. The first-order chi connectivity index (χ1) is 15.1. The lowest BCUT2D eigenvalue weighted by atomic mass is 9.75. The Balaban J connectivity index is 1.41. The lowest BCUT2D eigenvalue weighted by molar-refractivity contribution is 0.0909. The van der Waals surface area contributed by atoms with Crippen LogP contribution in [0.4, 0.5) is 4.39 Å². The van der Waals surface area contributed by atoms with Crippen molar-refractivity contribution in [2.45, 2.75) is 51.0 Å². The summed E-state index contributed by atoms with van der Waals surface area (Å²) < 4.78 is 19.2. The van der Waals surface area contributed by atoms with Crippen LogP contribution in [-0.2, 0) is 0 Å². The molecule has 1 N–H and O–H groups in total. The Morgan fingerprint density at radius 1 is 1.16 bits per heavy atom. The van der Waals surface area contributed by atoms with E-state index in [1.54, 1.807) is 37.7 Å². The molecule has 1 unspecified atom stereocenters. The molecule has 1 aromatic carbocycles. The highest BCUT2D eigenvalue weighted by Gasteiger charge is 2.29. The standard InChI is InChI=1S/C25H28FN3O2/c1-3-22(29-25(30)18-11-12-23(31-2)28-15-18)17-9-7-16(8-10-17)19-13-14-27-24-20(19)5-4-6-21(24)26/h4-6,11-17,22H,3,7-10H2,1-2H3,(H,29,30). The van der Waals surface area contributed by atoms with E-state index >= 15 is 0 Å². The monoisotopic (exact) mass is 421 g/mol. The van der Waals surface area contributed by atoms with Crippen molar-refractivity contribution in [3.63, 3.8) is 0 Å². The number of pyridine rings is 2. The molecule has 2 aromatic heterocycles. The number of nitrogens with one attached hydrogen (secondary N) is 1. The number of para-hydroxylation sites is 1. The minimum absolute atomic E-state index is 0.0975. The zero-order valence-corrected chi connectivity index (χ0v) is 18.0. The summed E-state index contributed by atoms with van der Waals surface area (Å²) in [5, 5.41) is 4.12. The summed E-state index contributed by atoms with van der Waals surface area (Å²) >= 11 is 0. The van der Waals surface area contributed by atoms with E-state index in [1.165, 1.54) is 11.6 Å². The number of rotatable bonds is 6. The van der Waals surface area contributed by atoms with E-state index < -0.39 is 0 Å². The van der Waals surface area contributed by atoms with Crippen molar-refractivity contribution in [1.82, 2.24) is 15.3 Å². The van der Waals surface area contributed by atoms with Crippen molar-refractivity contribution in [1.29, 1.82) is 0 Å². The summed E-state index contributed by atoms with van der Waals surface area (Å²) in [5.41, 5.74) is 2.18. The van der Waals surface area contributed by atoms with Crippen LogP contribution in [-0.4, -0.2) is 29.0 Å². The Kier molecular flexibility index (Phi) is 6.44. The molecule has 1 amide bonds. The number of hydrogen-bond acceptors (Lipinski definition) is 4. The SMILES string of the molecule is CCC(NC(=O)c1ccc(OC)nc1)C1CCC(c2ccnc3c(F)cccc23)CC1. The molecule has 31 heavy (non-hydrogen) atoms. The van der Waals surface area contributed by atoms with Crippen molar-refractivity contribution in [3.8, 4) is 5.88 Å².